The summed E-state index contributed by atoms with van der Waals surface area (Å²) in [6.07, 6.45) is 1.07. The van der Waals surface area contributed by atoms with Crippen molar-refractivity contribution in [2.45, 2.75) is 39.7 Å². The van der Waals surface area contributed by atoms with Crippen LogP contribution >= 0.6 is 0 Å². The quantitative estimate of drug-likeness (QED) is 0.795. The second kappa shape index (κ2) is 7.23. The van der Waals surface area contributed by atoms with Crippen LogP contribution in [0.15, 0.2) is 41.2 Å². The van der Waals surface area contributed by atoms with E-state index >= 15 is 0 Å². The SMILES string of the molecule is CCCNCc1ccc(-c2ccc(C(C)C)cc2)[nH]c1=O. The van der Waals surface area contributed by atoms with E-state index in [-0.39, 0.29) is 5.56 Å². The Bertz CT molecular complexity index is 626. The lowest BCUT2D eigenvalue weighted by Crippen LogP contribution is -2.21. The minimum absolute atomic E-state index is 0.0101. The molecule has 2 N–H and O–H groups in total. The fourth-order valence-electron chi connectivity index (χ4n) is 2.26. The molecule has 0 amide bonds. The largest absolute Gasteiger partial charge is 0.322 e. The van der Waals surface area contributed by atoms with Gasteiger partial charge in [-0.1, -0.05) is 51.1 Å². The summed E-state index contributed by atoms with van der Waals surface area (Å²) in [4.78, 5) is 15.1. The summed E-state index contributed by atoms with van der Waals surface area (Å²) < 4.78 is 0. The van der Waals surface area contributed by atoms with Gasteiger partial charge in [-0.3, -0.25) is 4.79 Å². The molecule has 0 spiro atoms. The van der Waals surface area contributed by atoms with Gasteiger partial charge in [0, 0.05) is 17.8 Å². The van der Waals surface area contributed by atoms with Gasteiger partial charge in [-0.2, -0.15) is 0 Å². The van der Waals surface area contributed by atoms with Gasteiger partial charge in [0.15, 0.2) is 0 Å². The van der Waals surface area contributed by atoms with Crippen LogP contribution in [0.5, 0.6) is 0 Å². The van der Waals surface area contributed by atoms with Gasteiger partial charge in [-0.25, -0.2) is 0 Å². The number of hydrogen-bond donors (Lipinski definition) is 2. The highest BCUT2D eigenvalue weighted by molar-refractivity contribution is 5.59. The summed E-state index contributed by atoms with van der Waals surface area (Å²) >= 11 is 0. The Balaban J connectivity index is 2.17. The number of rotatable bonds is 6. The number of pyridine rings is 1. The van der Waals surface area contributed by atoms with E-state index in [0.29, 0.717) is 12.5 Å². The molecule has 0 bridgehead atoms. The molecular formula is C18H24N2O. The summed E-state index contributed by atoms with van der Waals surface area (Å²) in [5.41, 5.74) is 4.00. The van der Waals surface area contributed by atoms with Gasteiger partial charge in [-0.15, -0.1) is 0 Å². The number of aromatic nitrogens is 1. The third kappa shape index (κ3) is 4.05. The van der Waals surface area contributed by atoms with Crippen molar-refractivity contribution < 1.29 is 0 Å². The van der Waals surface area contributed by atoms with Crippen molar-refractivity contribution >= 4 is 0 Å². The van der Waals surface area contributed by atoms with Crippen molar-refractivity contribution in [3.63, 3.8) is 0 Å². The number of nitrogens with one attached hydrogen (secondary N) is 2. The summed E-state index contributed by atoms with van der Waals surface area (Å²) in [7, 11) is 0. The van der Waals surface area contributed by atoms with E-state index in [2.05, 4.69) is 55.3 Å². The average Bonchev–Trinajstić information content (AvgIpc) is 2.49. The third-order valence-corrected chi connectivity index (χ3v) is 3.62. The maximum Gasteiger partial charge on any atom is 0.252 e. The third-order valence-electron chi connectivity index (χ3n) is 3.62. The molecule has 21 heavy (non-hydrogen) atoms. The van der Waals surface area contributed by atoms with Crippen molar-refractivity contribution in [2.75, 3.05) is 6.54 Å². The molecule has 0 aliphatic heterocycles. The van der Waals surface area contributed by atoms with Gasteiger partial charge < -0.3 is 10.3 Å². The first-order valence-corrected chi connectivity index (χ1v) is 7.65. The number of H-pyrrole nitrogens is 1. The zero-order valence-electron chi connectivity index (χ0n) is 13.1. The highest BCUT2D eigenvalue weighted by atomic mass is 16.1. The van der Waals surface area contributed by atoms with Crippen molar-refractivity contribution in [3.05, 3.63) is 57.9 Å². The molecule has 0 aliphatic rings. The zero-order chi connectivity index (χ0) is 15.2. The van der Waals surface area contributed by atoms with Crippen LogP contribution < -0.4 is 10.9 Å². The van der Waals surface area contributed by atoms with Crippen LogP contribution in [0.4, 0.5) is 0 Å². The van der Waals surface area contributed by atoms with Gasteiger partial charge in [0.1, 0.15) is 0 Å². The minimum Gasteiger partial charge on any atom is -0.322 e. The van der Waals surface area contributed by atoms with Crippen LogP contribution in [0.2, 0.25) is 0 Å². The van der Waals surface area contributed by atoms with Crippen molar-refractivity contribution in [1.82, 2.24) is 10.3 Å². The molecule has 0 radical (unpaired) electrons. The first-order valence-electron chi connectivity index (χ1n) is 7.65. The van der Waals surface area contributed by atoms with E-state index in [9.17, 15) is 4.79 Å². The normalized spacial score (nSPS) is 11.0. The molecule has 1 heterocycles. The molecule has 0 saturated heterocycles. The molecule has 0 saturated carbocycles. The van der Waals surface area contributed by atoms with Crippen LogP contribution in [-0.2, 0) is 6.54 Å². The molecule has 2 aromatic rings. The molecular weight excluding hydrogens is 260 g/mol. The summed E-state index contributed by atoms with van der Waals surface area (Å²) in [5.74, 6) is 0.519. The smallest absolute Gasteiger partial charge is 0.252 e. The van der Waals surface area contributed by atoms with Crippen LogP contribution in [0.3, 0.4) is 0 Å². The molecule has 0 fully saturated rings. The predicted molar refractivity (Wildman–Crippen MR) is 88.6 cm³/mol. The van der Waals surface area contributed by atoms with Crippen LogP contribution in [0.25, 0.3) is 11.3 Å². The minimum atomic E-state index is -0.0101. The monoisotopic (exact) mass is 284 g/mol. The first-order chi connectivity index (χ1) is 10.1. The average molecular weight is 284 g/mol. The summed E-state index contributed by atoms with van der Waals surface area (Å²) in [6.45, 7) is 8.01. The zero-order valence-corrected chi connectivity index (χ0v) is 13.1. The van der Waals surface area contributed by atoms with Crippen molar-refractivity contribution in [2.24, 2.45) is 0 Å². The maximum absolute atomic E-state index is 12.1. The number of benzene rings is 1. The lowest BCUT2D eigenvalue weighted by atomic mass is 10.0. The van der Waals surface area contributed by atoms with Gasteiger partial charge in [0.05, 0.1) is 0 Å². The first kappa shape index (κ1) is 15.5. The Labute approximate surface area is 126 Å². The fourth-order valence-corrected chi connectivity index (χ4v) is 2.26. The predicted octanol–water partition coefficient (Wildman–Crippen LogP) is 3.66. The Kier molecular flexibility index (Phi) is 5.34. The topological polar surface area (TPSA) is 44.9 Å². The molecule has 1 aromatic carbocycles. The van der Waals surface area contributed by atoms with Gasteiger partial charge in [-0.05, 0) is 36.1 Å². The number of hydrogen-bond acceptors (Lipinski definition) is 2. The molecule has 0 atom stereocenters. The Morgan fingerprint density at radius 3 is 2.38 bits per heavy atom. The Morgan fingerprint density at radius 1 is 1.10 bits per heavy atom. The van der Waals surface area contributed by atoms with Crippen molar-refractivity contribution in [1.29, 1.82) is 0 Å². The molecule has 0 aliphatic carbocycles. The summed E-state index contributed by atoms with van der Waals surface area (Å²) in [6, 6.07) is 12.3. The second-order valence-corrected chi connectivity index (χ2v) is 5.68. The number of aromatic amines is 1. The molecule has 3 heteroatoms. The van der Waals surface area contributed by atoms with Crippen LogP contribution in [-0.4, -0.2) is 11.5 Å². The fraction of sp³-hybridized carbons (Fsp3) is 0.389. The molecule has 2 rings (SSSR count). The van der Waals surface area contributed by atoms with E-state index in [4.69, 9.17) is 0 Å². The van der Waals surface area contributed by atoms with Gasteiger partial charge >= 0.3 is 0 Å². The lowest BCUT2D eigenvalue weighted by Gasteiger charge is -2.08. The standard InChI is InChI=1S/C18H24N2O/c1-4-11-19-12-16-9-10-17(20-18(16)21)15-7-5-14(6-8-15)13(2)3/h5-10,13,19H,4,11-12H2,1-3H3,(H,20,21). The van der Waals surface area contributed by atoms with Gasteiger partial charge in [0.25, 0.3) is 5.56 Å². The van der Waals surface area contributed by atoms with Crippen LogP contribution in [0, 0.1) is 0 Å². The van der Waals surface area contributed by atoms with Crippen molar-refractivity contribution in [3.8, 4) is 11.3 Å². The molecule has 1 aromatic heterocycles. The molecule has 3 nitrogen and oxygen atoms in total. The lowest BCUT2D eigenvalue weighted by molar-refractivity contribution is 0.671. The molecule has 112 valence electrons. The van der Waals surface area contributed by atoms with Crippen LogP contribution in [0.1, 0.15) is 44.2 Å². The van der Waals surface area contributed by atoms with E-state index in [1.165, 1.54) is 5.56 Å². The van der Waals surface area contributed by atoms with E-state index in [1.807, 2.05) is 12.1 Å². The summed E-state index contributed by atoms with van der Waals surface area (Å²) in [5, 5.41) is 3.25. The second-order valence-electron chi connectivity index (χ2n) is 5.68. The van der Waals surface area contributed by atoms with Gasteiger partial charge in [0.2, 0.25) is 0 Å². The Hall–Kier alpha value is -1.87. The molecule has 0 unspecified atom stereocenters. The van der Waals surface area contributed by atoms with E-state index < -0.39 is 0 Å². The Morgan fingerprint density at radius 2 is 1.81 bits per heavy atom. The maximum atomic E-state index is 12.1. The van der Waals surface area contributed by atoms with E-state index in [0.717, 1.165) is 29.8 Å². The highest BCUT2D eigenvalue weighted by Gasteiger charge is 2.04. The van der Waals surface area contributed by atoms with E-state index in [1.54, 1.807) is 0 Å². The highest BCUT2D eigenvalue weighted by Crippen LogP contribution is 2.20.